The number of benzene rings is 1. The predicted molar refractivity (Wildman–Crippen MR) is 75.1 cm³/mol. The molecule has 7 heteroatoms. The molecule has 3 nitrogen and oxygen atoms in total. The second-order valence-electron chi connectivity index (χ2n) is 4.14. The van der Waals surface area contributed by atoms with Crippen LogP contribution in [0.15, 0.2) is 41.0 Å². The van der Waals surface area contributed by atoms with Crippen LogP contribution in [0.1, 0.15) is 11.3 Å². The lowest BCUT2D eigenvalue weighted by molar-refractivity contribution is -0.141. The summed E-state index contributed by atoms with van der Waals surface area (Å²) in [5.74, 6) is 0. The number of pyridine rings is 1. The van der Waals surface area contributed by atoms with Gasteiger partial charge in [0.15, 0.2) is 0 Å². The van der Waals surface area contributed by atoms with Gasteiger partial charge in [0.2, 0.25) is 0 Å². The zero-order valence-electron chi connectivity index (χ0n) is 10.2. The summed E-state index contributed by atoms with van der Waals surface area (Å²) in [7, 11) is 0. The van der Waals surface area contributed by atoms with Crippen molar-refractivity contribution >= 4 is 27.3 Å². The van der Waals surface area contributed by atoms with Gasteiger partial charge in [-0.15, -0.1) is 0 Å². The maximum atomic E-state index is 12.6. The summed E-state index contributed by atoms with van der Waals surface area (Å²) in [5, 5.41) is 2.88. The van der Waals surface area contributed by atoms with Crippen molar-refractivity contribution in [2.45, 2.75) is 12.7 Å². The average molecular weight is 346 g/mol. The molecule has 3 N–H and O–H groups in total. The summed E-state index contributed by atoms with van der Waals surface area (Å²) in [4.78, 5) is 3.28. The van der Waals surface area contributed by atoms with Crippen molar-refractivity contribution in [3.8, 4) is 0 Å². The minimum absolute atomic E-state index is 0.174. The third-order valence-electron chi connectivity index (χ3n) is 2.60. The van der Waals surface area contributed by atoms with Gasteiger partial charge < -0.3 is 11.1 Å². The van der Waals surface area contributed by atoms with Gasteiger partial charge in [0.25, 0.3) is 0 Å². The van der Waals surface area contributed by atoms with Crippen LogP contribution < -0.4 is 11.1 Å². The maximum absolute atomic E-state index is 12.6. The smallest absolute Gasteiger partial charge is 0.396 e. The fraction of sp³-hybridized carbons (Fsp3) is 0.154. The van der Waals surface area contributed by atoms with Crippen LogP contribution in [0, 0.1) is 0 Å². The Balaban J connectivity index is 2.17. The summed E-state index contributed by atoms with van der Waals surface area (Å²) in [6.45, 7) is 0.366. The number of nitrogens with two attached hydrogens (primary N) is 1. The highest BCUT2D eigenvalue weighted by Crippen LogP contribution is 2.31. The molecule has 1 aromatic carbocycles. The van der Waals surface area contributed by atoms with E-state index in [9.17, 15) is 13.2 Å². The minimum Gasteiger partial charge on any atom is -0.396 e. The Kier molecular flexibility index (Phi) is 4.17. The molecule has 0 radical (unpaired) electrons. The molecule has 0 unspecified atom stereocenters. The highest BCUT2D eigenvalue weighted by Gasteiger charge is 2.32. The first kappa shape index (κ1) is 14.6. The summed E-state index contributed by atoms with van der Waals surface area (Å²) in [5.41, 5.74) is 5.97. The fourth-order valence-electron chi connectivity index (χ4n) is 1.62. The molecule has 0 saturated heterocycles. The number of nitrogens with one attached hydrogen (secondary N) is 1. The topological polar surface area (TPSA) is 50.9 Å². The quantitative estimate of drug-likeness (QED) is 0.881. The number of anilines is 2. The molecule has 0 amide bonds. The first-order valence-electron chi connectivity index (χ1n) is 5.67. The van der Waals surface area contributed by atoms with Crippen LogP contribution in [0.25, 0.3) is 0 Å². The van der Waals surface area contributed by atoms with Gasteiger partial charge in [-0.3, -0.25) is 0 Å². The molecule has 0 aliphatic heterocycles. The number of nitrogens with zero attached hydrogens (tertiary/aromatic N) is 1. The second-order valence-corrected chi connectivity index (χ2v) is 5.05. The molecule has 0 bridgehead atoms. The van der Waals surface area contributed by atoms with Crippen molar-refractivity contribution in [3.05, 3.63) is 52.3 Å². The zero-order chi connectivity index (χ0) is 14.8. The summed E-state index contributed by atoms with van der Waals surface area (Å²) >= 11 is 3.33. The van der Waals surface area contributed by atoms with E-state index in [2.05, 4.69) is 26.2 Å². The Labute approximate surface area is 122 Å². The van der Waals surface area contributed by atoms with Crippen LogP contribution in [0.5, 0.6) is 0 Å². The van der Waals surface area contributed by atoms with E-state index in [0.717, 1.165) is 22.3 Å². The molecule has 2 rings (SSSR count). The zero-order valence-corrected chi connectivity index (χ0v) is 11.8. The molecule has 1 aromatic heterocycles. The van der Waals surface area contributed by atoms with Crippen molar-refractivity contribution in [1.29, 1.82) is 0 Å². The van der Waals surface area contributed by atoms with Gasteiger partial charge in [-0.05, 0) is 23.8 Å². The molecule has 106 valence electrons. The van der Waals surface area contributed by atoms with Gasteiger partial charge in [0.05, 0.1) is 17.6 Å². The number of halogens is 4. The monoisotopic (exact) mass is 345 g/mol. The van der Waals surface area contributed by atoms with Crippen molar-refractivity contribution < 1.29 is 13.2 Å². The lowest BCUT2D eigenvalue weighted by Gasteiger charge is -2.12. The highest BCUT2D eigenvalue weighted by molar-refractivity contribution is 9.10. The molecule has 0 saturated carbocycles. The molecule has 0 aliphatic carbocycles. The Hall–Kier alpha value is -1.76. The first-order chi connectivity index (χ1) is 9.36. The van der Waals surface area contributed by atoms with Crippen LogP contribution in [-0.4, -0.2) is 4.98 Å². The number of hydrogen-bond acceptors (Lipinski definition) is 3. The lowest BCUT2D eigenvalue weighted by atomic mass is 10.2. The van der Waals surface area contributed by atoms with Crippen LogP contribution >= 0.6 is 15.9 Å². The van der Waals surface area contributed by atoms with E-state index in [0.29, 0.717) is 6.54 Å². The van der Waals surface area contributed by atoms with E-state index >= 15 is 0 Å². The normalized spacial score (nSPS) is 11.4. The first-order valence-corrected chi connectivity index (χ1v) is 6.46. The molecule has 0 spiro atoms. The molecule has 0 atom stereocenters. The summed E-state index contributed by atoms with van der Waals surface area (Å²) in [6.07, 6.45) is -3.48. The highest BCUT2D eigenvalue weighted by atomic mass is 79.9. The Bertz CT molecular complexity index is 614. The summed E-state index contributed by atoms with van der Waals surface area (Å²) in [6, 6.07) is 8.35. The minimum atomic E-state index is -4.49. The van der Waals surface area contributed by atoms with E-state index in [4.69, 9.17) is 5.73 Å². The average Bonchev–Trinajstić information content (AvgIpc) is 2.36. The van der Waals surface area contributed by atoms with Crippen LogP contribution in [0.3, 0.4) is 0 Å². The Morgan fingerprint density at radius 3 is 2.65 bits per heavy atom. The third kappa shape index (κ3) is 3.63. The number of rotatable bonds is 3. The van der Waals surface area contributed by atoms with E-state index < -0.39 is 11.9 Å². The molecule has 2 aromatic rings. The van der Waals surface area contributed by atoms with Gasteiger partial charge in [-0.25, -0.2) is 4.98 Å². The fourth-order valence-corrected chi connectivity index (χ4v) is 2.06. The van der Waals surface area contributed by atoms with Crippen molar-refractivity contribution in [1.82, 2.24) is 4.98 Å². The molecule has 1 heterocycles. The Morgan fingerprint density at radius 2 is 2.00 bits per heavy atom. The Morgan fingerprint density at radius 1 is 1.25 bits per heavy atom. The third-order valence-corrected chi connectivity index (χ3v) is 3.09. The van der Waals surface area contributed by atoms with E-state index in [-0.39, 0.29) is 11.4 Å². The van der Waals surface area contributed by atoms with Crippen molar-refractivity contribution in [2.75, 3.05) is 11.1 Å². The molecule has 20 heavy (non-hydrogen) atoms. The molecular weight excluding hydrogens is 335 g/mol. The lowest BCUT2D eigenvalue weighted by Crippen LogP contribution is -2.10. The van der Waals surface area contributed by atoms with Gasteiger partial charge in [0.1, 0.15) is 5.69 Å². The van der Waals surface area contributed by atoms with Gasteiger partial charge >= 0.3 is 6.18 Å². The number of alkyl halides is 3. The molecular formula is C13H11BrF3N3. The molecule has 0 aliphatic rings. The van der Waals surface area contributed by atoms with Gasteiger partial charge in [-0.2, -0.15) is 13.2 Å². The number of aromatic nitrogens is 1. The predicted octanol–water partition coefficient (Wildman–Crippen LogP) is 4.06. The van der Waals surface area contributed by atoms with E-state index in [1.165, 1.54) is 0 Å². The van der Waals surface area contributed by atoms with Crippen LogP contribution in [0.2, 0.25) is 0 Å². The van der Waals surface area contributed by atoms with Crippen LogP contribution in [0.4, 0.5) is 24.5 Å². The number of hydrogen-bond donors (Lipinski definition) is 2. The standard InChI is InChI=1S/C13H11BrF3N3/c14-9-3-1-2-8(4-9)6-19-11-5-12(13(15,16)17)20-7-10(11)18/h1-5,7H,6,18H2,(H,19,20). The molecule has 0 fully saturated rings. The summed E-state index contributed by atoms with van der Waals surface area (Å²) < 4.78 is 38.6. The second kappa shape index (κ2) is 5.70. The van der Waals surface area contributed by atoms with Crippen molar-refractivity contribution in [3.63, 3.8) is 0 Å². The van der Waals surface area contributed by atoms with Gasteiger partial charge in [-0.1, -0.05) is 28.1 Å². The van der Waals surface area contributed by atoms with E-state index in [1.807, 2.05) is 24.3 Å². The van der Waals surface area contributed by atoms with Crippen molar-refractivity contribution in [2.24, 2.45) is 0 Å². The van der Waals surface area contributed by atoms with E-state index in [1.54, 1.807) is 0 Å². The van der Waals surface area contributed by atoms with Crippen LogP contribution in [-0.2, 0) is 12.7 Å². The maximum Gasteiger partial charge on any atom is 0.433 e. The van der Waals surface area contributed by atoms with Gasteiger partial charge in [0, 0.05) is 11.0 Å². The SMILES string of the molecule is Nc1cnc(C(F)(F)F)cc1NCc1cccc(Br)c1. The largest absolute Gasteiger partial charge is 0.433 e. The number of nitrogen functional groups attached to an aromatic ring is 1.